The molecule has 111 valence electrons. The summed E-state index contributed by atoms with van der Waals surface area (Å²) < 4.78 is 0. The fourth-order valence-corrected chi connectivity index (χ4v) is 2.99. The fraction of sp³-hybridized carbons (Fsp3) is 0.300. The van der Waals surface area contributed by atoms with Crippen molar-refractivity contribution in [1.82, 2.24) is 4.90 Å². The summed E-state index contributed by atoms with van der Waals surface area (Å²) in [5.74, 6) is 6.47. The zero-order valence-corrected chi connectivity index (χ0v) is 13.0. The van der Waals surface area contributed by atoms with E-state index in [4.69, 9.17) is 0 Å². The Morgan fingerprint density at radius 2 is 1.86 bits per heavy atom. The van der Waals surface area contributed by atoms with E-state index in [0.29, 0.717) is 0 Å². The molecule has 1 radical (unpaired) electrons. The van der Waals surface area contributed by atoms with Crippen LogP contribution in [-0.4, -0.2) is 30.6 Å². The molecule has 1 fully saturated rings. The van der Waals surface area contributed by atoms with Gasteiger partial charge in [-0.3, -0.25) is 4.90 Å². The van der Waals surface area contributed by atoms with Gasteiger partial charge in [-0.1, -0.05) is 48.4 Å². The number of anilines is 1. The van der Waals surface area contributed by atoms with Gasteiger partial charge in [-0.25, -0.2) is 0 Å². The minimum absolute atomic E-state index is 0.255. The highest BCUT2D eigenvalue weighted by molar-refractivity contribution is 5.49. The Hall–Kier alpha value is -2.24. The molecule has 22 heavy (non-hydrogen) atoms. The lowest BCUT2D eigenvalue weighted by Crippen LogP contribution is -2.52. The molecule has 1 aliphatic rings. The molecule has 0 amide bonds. The molecule has 0 aliphatic carbocycles. The van der Waals surface area contributed by atoms with Crippen molar-refractivity contribution in [1.29, 1.82) is 0 Å². The summed E-state index contributed by atoms with van der Waals surface area (Å²) in [6, 6.07) is 22.2. The number of piperazine rings is 1. The molecule has 2 aromatic carbocycles. The summed E-state index contributed by atoms with van der Waals surface area (Å²) in [5.41, 5.74) is 2.61. The highest BCUT2D eigenvalue weighted by atomic mass is 15.3. The van der Waals surface area contributed by atoms with Crippen molar-refractivity contribution in [2.75, 3.05) is 24.5 Å². The molecule has 2 heteroatoms. The van der Waals surface area contributed by atoms with Crippen molar-refractivity contribution in [2.24, 2.45) is 0 Å². The zero-order valence-electron chi connectivity index (χ0n) is 13.0. The summed E-state index contributed by atoms with van der Waals surface area (Å²) >= 11 is 0. The largest absolute Gasteiger partial charge is 0.355 e. The average molecular weight is 289 g/mol. The summed E-state index contributed by atoms with van der Waals surface area (Å²) in [5, 5.41) is 0. The molecule has 1 aliphatic heterocycles. The minimum Gasteiger partial charge on any atom is -0.355 e. The maximum atomic E-state index is 3.37. The van der Waals surface area contributed by atoms with Gasteiger partial charge in [0.25, 0.3) is 0 Å². The molecule has 0 N–H and O–H groups in total. The molecule has 2 nitrogen and oxygen atoms in total. The van der Waals surface area contributed by atoms with Crippen molar-refractivity contribution in [3.63, 3.8) is 0 Å². The van der Waals surface area contributed by atoms with Crippen LogP contribution in [0.5, 0.6) is 0 Å². The molecule has 1 heterocycles. The first-order valence-corrected chi connectivity index (χ1v) is 7.78. The van der Waals surface area contributed by atoms with E-state index in [1.165, 1.54) is 11.3 Å². The van der Waals surface area contributed by atoms with Crippen molar-refractivity contribution in [3.8, 4) is 11.8 Å². The summed E-state index contributed by atoms with van der Waals surface area (Å²) in [7, 11) is 0. The van der Waals surface area contributed by atoms with Gasteiger partial charge in [0.05, 0.1) is 0 Å². The Kier molecular flexibility index (Phi) is 4.78. The number of rotatable bonds is 3. The Balaban J connectivity index is 1.72. The third kappa shape index (κ3) is 3.50. The van der Waals surface area contributed by atoms with Crippen LogP contribution in [0.4, 0.5) is 5.69 Å². The predicted octanol–water partition coefficient (Wildman–Crippen LogP) is 3.20. The minimum atomic E-state index is 0.255. The monoisotopic (exact) mass is 289 g/mol. The van der Waals surface area contributed by atoms with Crippen LogP contribution in [0.15, 0.2) is 54.6 Å². The SMILES string of the molecule is CC#C[C@H]1CN(Cc2ccccc2)CCN1c1cc[c]cc1. The Labute approximate surface area is 133 Å². The number of nitrogens with zero attached hydrogens (tertiary/aromatic N) is 2. The highest BCUT2D eigenvalue weighted by Gasteiger charge is 2.25. The molecule has 0 spiro atoms. The van der Waals surface area contributed by atoms with Gasteiger partial charge in [0, 0.05) is 31.9 Å². The first-order valence-electron chi connectivity index (χ1n) is 7.78. The van der Waals surface area contributed by atoms with Crippen LogP contribution in [0.25, 0.3) is 0 Å². The van der Waals surface area contributed by atoms with E-state index in [1.54, 1.807) is 0 Å². The molecule has 0 bridgehead atoms. The van der Waals surface area contributed by atoms with Crippen LogP contribution in [0, 0.1) is 17.9 Å². The fourth-order valence-electron chi connectivity index (χ4n) is 2.99. The molecule has 1 atom stereocenters. The van der Waals surface area contributed by atoms with Gasteiger partial charge in [-0.15, -0.1) is 5.92 Å². The molecule has 1 saturated heterocycles. The number of hydrogen-bond donors (Lipinski definition) is 0. The second kappa shape index (κ2) is 7.15. The van der Waals surface area contributed by atoms with Crippen LogP contribution < -0.4 is 4.90 Å². The van der Waals surface area contributed by atoms with Crippen LogP contribution in [0.3, 0.4) is 0 Å². The lowest BCUT2D eigenvalue weighted by molar-refractivity contribution is 0.232. The molecular weight excluding hydrogens is 268 g/mol. The normalized spacial score (nSPS) is 18.6. The van der Waals surface area contributed by atoms with E-state index in [2.05, 4.69) is 70.2 Å². The highest BCUT2D eigenvalue weighted by Crippen LogP contribution is 2.21. The molecule has 0 unspecified atom stereocenters. The zero-order chi connectivity index (χ0) is 15.2. The molecular formula is C20H21N2. The van der Waals surface area contributed by atoms with E-state index in [9.17, 15) is 0 Å². The molecule has 0 saturated carbocycles. The van der Waals surface area contributed by atoms with Gasteiger partial charge < -0.3 is 4.90 Å². The van der Waals surface area contributed by atoms with Gasteiger partial charge in [-0.2, -0.15) is 0 Å². The molecule has 0 aromatic heterocycles. The van der Waals surface area contributed by atoms with Crippen LogP contribution >= 0.6 is 0 Å². The topological polar surface area (TPSA) is 6.48 Å². The standard InChI is InChI=1S/C20H21N2/c1-2-9-20-17-21(16-18-10-5-3-6-11-18)14-15-22(20)19-12-7-4-8-13-19/h3,5-8,10-13,20H,14-17H2,1H3/t20-/m0/s1. The smallest absolute Gasteiger partial charge is 0.103 e. The van der Waals surface area contributed by atoms with E-state index >= 15 is 0 Å². The lowest BCUT2D eigenvalue weighted by Gasteiger charge is -2.40. The lowest BCUT2D eigenvalue weighted by atomic mass is 10.1. The Morgan fingerprint density at radius 3 is 2.59 bits per heavy atom. The number of hydrogen-bond acceptors (Lipinski definition) is 2. The van der Waals surface area contributed by atoms with Gasteiger partial charge in [0.1, 0.15) is 6.04 Å². The number of benzene rings is 2. The quantitative estimate of drug-likeness (QED) is 0.801. The third-order valence-corrected chi connectivity index (χ3v) is 4.06. The van der Waals surface area contributed by atoms with Crippen LogP contribution in [0.2, 0.25) is 0 Å². The second-order valence-electron chi connectivity index (χ2n) is 5.58. The van der Waals surface area contributed by atoms with Crippen molar-refractivity contribution < 1.29 is 0 Å². The average Bonchev–Trinajstić information content (AvgIpc) is 2.57. The van der Waals surface area contributed by atoms with Gasteiger partial charge >= 0.3 is 0 Å². The third-order valence-electron chi connectivity index (χ3n) is 4.06. The molecule has 2 aromatic rings. The molecule has 3 rings (SSSR count). The summed E-state index contributed by atoms with van der Waals surface area (Å²) in [6.07, 6.45) is 0. The maximum absolute atomic E-state index is 3.37. The van der Waals surface area contributed by atoms with E-state index < -0.39 is 0 Å². The maximum Gasteiger partial charge on any atom is 0.103 e. The Bertz CT molecular complexity index is 640. The van der Waals surface area contributed by atoms with Crippen molar-refractivity contribution in [3.05, 3.63) is 66.2 Å². The van der Waals surface area contributed by atoms with Gasteiger partial charge in [0.15, 0.2) is 0 Å². The first-order chi connectivity index (χ1) is 10.9. The summed E-state index contributed by atoms with van der Waals surface area (Å²) in [6.45, 7) is 5.98. The van der Waals surface area contributed by atoms with E-state index in [1.807, 2.05) is 19.1 Å². The van der Waals surface area contributed by atoms with E-state index in [-0.39, 0.29) is 6.04 Å². The van der Waals surface area contributed by atoms with Gasteiger partial charge in [0.2, 0.25) is 0 Å². The second-order valence-corrected chi connectivity index (χ2v) is 5.58. The Morgan fingerprint density at radius 1 is 1.09 bits per heavy atom. The van der Waals surface area contributed by atoms with Gasteiger partial charge in [-0.05, 0) is 30.7 Å². The van der Waals surface area contributed by atoms with Crippen LogP contribution in [0.1, 0.15) is 12.5 Å². The van der Waals surface area contributed by atoms with E-state index in [0.717, 1.165) is 26.2 Å². The predicted molar refractivity (Wildman–Crippen MR) is 91.6 cm³/mol. The van der Waals surface area contributed by atoms with Crippen molar-refractivity contribution >= 4 is 5.69 Å². The first kappa shape index (κ1) is 14.7. The summed E-state index contributed by atoms with van der Waals surface area (Å²) in [4.78, 5) is 4.90. The van der Waals surface area contributed by atoms with Crippen LogP contribution in [-0.2, 0) is 6.54 Å². The van der Waals surface area contributed by atoms with Crippen molar-refractivity contribution in [2.45, 2.75) is 19.5 Å².